The SMILES string of the molecule is CCCC(N)CS(=O)CCC(C)C. The smallest absolute Gasteiger partial charge is 0.0386 e. The molecule has 2 nitrogen and oxygen atoms in total. The number of rotatable bonds is 7. The first-order valence-electron chi connectivity index (χ1n) is 5.16. The Morgan fingerprint density at radius 2 is 1.92 bits per heavy atom. The second-order valence-corrected chi connectivity index (χ2v) is 5.66. The summed E-state index contributed by atoms with van der Waals surface area (Å²) in [6.07, 6.45) is 3.13. The molecule has 0 spiro atoms. The first-order chi connectivity index (χ1) is 6.06. The molecule has 13 heavy (non-hydrogen) atoms. The average molecular weight is 205 g/mol. The zero-order valence-electron chi connectivity index (χ0n) is 9.08. The van der Waals surface area contributed by atoms with Gasteiger partial charge in [-0.15, -0.1) is 0 Å². The second kappa shape index (κ2) is 7.51. The molecular weight excluding hydrogens is 182 g/mol. The van der Waals surface area contributed by atoms with Crippen LogP contribution in [0.2, 0.25) is 0 Å². The van der Waals surface area contributed by atoms with Gasteiger partial charge in [0.25, 0.3) is 0 Å². The van der Waals surface area contributed by atoms with Gasteiger partial charge in [-0.1, -0.05) is 27.2 Å². The van der Waals surface area contributed by atoms with E-state index in [0.717, 1.165) is 25.0 Å². The van der Waals surface area contributed by atoms with Crippen LogP contribution in [0.4, 0.5) is 0 Å². The van der Waals surface area contributed by atoms with Crippen LogP contribution in [0.5, 0.6) is 0 Å². The van der Waals surface area contributed by atoms with Gasteiger partial charge in [0.1, 0.15) is 0 Å². The van der Waals surface area contributed by atoms with E-state index in [0.29, 0.717) is 11.7 Å². The van der Waals surface area contributed by atoms with E-state index in [2.05, 4.69) is 20.8 Å². The molecule has 0 bridgehead atoms. The van der Waals surface area contributed by atoms with Crippen molar-refractivity contribution >= 4 is 10.8 Å². The molecule has 2 unspecified atom stereocenters. The fourth-order valence-corrected chi connectivity index (χ4v) is 2.69. The minimum atomic E-state index is -0.697. The highest BCUT2D eigenvalue weighted by Crippen LogP contribution is 2.03. The molecule has 0 saturated carbocycles. The van der Waals surface area contributed by atoms with Crippen LogP contribution in [0.25, 0.3) is 0 Å². The topological polar surface area (TPSA) is 43.1 Å². The van der Waals surface area contributed by atoms with Crippen molar-refractivity contribution in [3.8, 4) is 0 Å². The summed E-state index contributed by atoms with van der Waals surface area (Å²) in [5, 5.41) is 0. The summed E-state index contributed by atoms with van der Waals surface area (Å²) in [4.78, 5) is 0. The molecule has 0 aromatic rings. The summed E-state index contributed by atoms with van der Waals surface area (Å²) in [5.74, 6) is 2.14. The van der Waals surface area contributed by atoms with Crippen molar-refractivity contribution in [3.05, 3.63) is 0 Å². The van der Waals surface area contributed by atoms with E-state index >= 15 is 0 Å². The van der Waals surface area contributed by atoms with Gasteiger partial charge in [-0.2, -0.15) is 0 Å². The Morgan fingerprint density at radius 3 is 2.38 bits per heavy atom. The Morgan fingerprint density at radius 1 is 1.31 bits per heavy atom. The Bertz CT molecular complexity index is 148. The fourth-order valence-electron chi connectivity index (χ4n) is 1.14. The maximum Gasteiger partial charge on any atom is 0.0386 e. The van der Waals surface area contributed by atoms with Crippen LogP contribution in [0.15, 0.2) is 0 Å². The summed E-state index contributed by atoms with van der Waals surface area (Å²) in [7, 11) is -0.697. The molecule has 2 atom stereocenters. The molecule has 0 radical (unpaired) electrons. The normalized spacial score (nSPS) is 16.1. The van der Waals surface area contributed by atoms with Crippen molar-refractivity contribution in [2.24, 2.45) is 11.7 Å². The van der Waals surface area contributed by atoms with Crippen molar-refractivity contribution in [2.75, 3.05) is 11.5 Å². The molecule has 0 heterocycles. The van der Waals surface area contributed by atoms with Gasteiger partial charge in [-0.3, -0.25) is 4.21 Å². The van der Waals surface area contributed by atoms with Gasteiger partial charge in [-0.05, 0) is 18.8 Å². The van der Waals surface area contributed by atoms with Crippen molar-refractivity contribution in [2.45, 2.75) is 46.1 Å². The Kier molecular flexibility index (Phi) is 7.57. The van der Waals surface area contributed by atoms with Crippen LogP contribution in [-0.4, -0.2) is 21.8 Å². The van der Waals surface area contributed by atoms with Gasteiger partial charge >= 0.3 is 0 Å². The van der Waals surface area contributed by atoms with Gasteiger partial charge in [0, 0.05) is 28.3 Å². The highest BCUT2D eigenvalue weighted by atomic mass is 32.2. The Labute approximate surface area is 84.7 Å². The number of nitrogens with two attached hydrogens (primary N) is 1. The molecule has 3 heteroatoms. The lowest BCUT2D eigenvalue weighted by Crippen LogP contribution is -2.27. The standard InChI is InChI=1S/C10H23NOS/c1-4-5-10(11)8-13(12)7-6-9(2)3/h9-10H,4-8,11H2,1-3H3. The van der Waals surface area contributed by atoms with E-state index in [4.69, 9.17) is 5.73 Å². The van der Waals surface area contributed by atoms with E-state index in [1.54, 1.807) is 0 Å². The van der Waals surface area contributed by atoms with Crippen molar-refractivity contribution in [1.82, 2.24) is 0 Å². The van der Waals surface area contributed by atoms with E-state index < -0.39 is 10.8 Å². The third kappa shape index (κ3) is 8.44. The fraction of sp³-hybridized carbons (Fsp3) is 1.00. The molecular formula is C10H23NOS. The molecule has 0 aliphatic heterocycles. The molecule has 0 aromatic heterocycles. The summed E-state index contributed by atoms with van der Waals surface area (Å²) < 4.78 is 11.5. The predicted octanol–water partition coefficient (Wildman–Crippen LogP) is 1.91. The molecule has 0 amide bonds. The van der Waals surface area contributed by atoms with Crippen LogP contribution < -0.4 is 5.73 Å². The maximum atomic E-state index is 11.5. The summed E-state index contributed by atoms with van der Waals surface area (Å²) >= 11 is 0. The lowest BCUT2D eigenvalue weighted by Gasteiger charge is -2.10. The Balaban J connectivity index is 3.50. The third-order valence-corrected chi connectivity index (χ3v) is 3.47. The Hall–Kier alpha value is 0.110. The largest absolute Gasteiger partial charge is 0.327 e. The quantitative estimate of drug-likeness (QED) is 0.690. The highest BCUT2D eigenvalue weighted by molar-refractivity contribution is 7.85. The van der Waals surface area contributed by atoms with Crippen LogP contribution in [0.1, 0.15) is 40.0 Å². The molecule has 0 aliphatic rings. The molecule has 2 N–H and O–H groups in total. The summed E-state index contributed by atoms with van der Waals surface area (Å²) in [6, 6.07) is 0.137. The van der Waals surface area contributed by atoms with Crippen LogP contribution >= 0.6 is 0 Å². The van der Waals surface area contributed by atoms with E-state index in [1.165, 1.54) is 0 Å². The van der Waals surface area contributed by atoms with E-state index in [-0.39, 0.29) is 6.04 Å². The van der Waals surface area contributed by atoms with Crippen LogP contribution in [0, 0.1) is 5.92 Å². The van der Waals surface area contributed by atoms with Crippen molar-refractivity contribution in [1.29, 1.82) is 0 Å². The lowest BCUT2D eigenvalue weighted by atomic mass is 10.2. The predicted molar refractivity (Wildman–Crippen MR) is 60.2 cm³/mol. The molecule has 0 rings (SSSR count). The zero-order chi connectivity index (χ0) is 10.3. The third-order valence-electron chi connectivity index (χ3n) is 1.98. The first-order valence-corrected chi connectivity index (χ1v) is 6.65. The molecule has 0 saturated heterocycles. The van der Waals surface area contributed by atoms with Gasteiger partial charge in [0.2, 0.25) is 0 Å². The number of hydrogen-bond acceptors (Lipinski definition) is 2. The zero-order valence-corrected chi connectivity index (χ0v) is 9.90. The second-order valence-electron chi connectivity index (χ2n) is 4.04. The van der Waals surface area contributed by atoms with Gasteiger partial charge in [0.05, 0.1) is 0 Å². The number of hydrogen-bond donors (Lipinski definition) is 1. The van der Waals surface area contributed by atoms with Gasteiger partial charge in [-0.25, -0.2) is 0 Å². The van der Waals surface area contributed by atoms with Gasteiger partial charge in [0.15, 0.2) is 0 Å². The summed E-state index contributed by atoms with van der Waals surface area (Å²) in [5.41, 5.74) is 5.80. The van der Waals surface area contributed by atoms with Gasteiger partial charge < -0.3 is 5.73 Å². The molecule has 80 valence electrons. The molecule has 0 fully saturated rings. The minimum Gasteiger partial charge on any atom is -0.327 e. The maximum absolute atomic E-state index is 11.5. The lowest BCUT2D eigenvalue weighted by molar-refractivity contribution is 0.610. The van der Waals surface area contributed by atoms with E-state index in [1.807, 2.05) is 0 Å². The molecule has 0 aliphatic carbocycles. The first kappa shape index (κ1) is 13.1. The van der Waals surface area contributed by atoms with Crippen LogP contribution in [-0.2, 0) is 10.8 Å². The van der Waals surface area contributed by atoms with Crippen molar-refractivity contribution in [3.63, 3.8) is 0 Å². The summed E-state index contributed by atoms with van der Waals surface area (Å²) in [6.45, 7) is 6.42. The average Bonchev–Trinajstić information content (AvgIpc) is 2.01. The molecule has 0 aromatic carbocycles. The van der Waals surface area contributed by atoms with Crippen molar-refractivity contribution < 1.29 is 4.21 Å². The van der Waals surface area contributed by atoms with Crippen LogP contribution in [0.3, 0.4) is 0 Å². The monoisotopic (exact) mass is 205 g/mol. The minimum absolute atomic E-state index is 0.137. The van der Waals surface area contributed by atoms with E-state index in [9.17, 15) is 4.21 Å². The highest BCUT2D eigenvalue weighted by Gasteiger charge is 2.07.